The molecule has 6 nitrogen and oxygen atoms in total. The summed E-state index contributed by atoms with van der Waals surface area (Å²) in [5, 5.41) is 0. The Kier molecular flexibility index (Phi) is 17.4. The predicted octanol–water partition coefficient (Wildman–Crippen LogP) is 8.38. The van der Waals surface area contributed by atoms with Gasteiger partial charge in [-0.15, -0.1) is 0 Å². The molecule has 0 amide bonds. The molecule has 0 saturated heterocycles. The first-order valence-electron chi connectivity index (χ1n) is 15.9. The van der Waals surface area contributed by atoms with Crippen molar-refractivity contribution >= 4 is 29.5 Å². The Hall–Kier alpha value is -1.08. The summed E-state index contributed by atoms with van der Waals surface area (Å²) in [5.41, 5.74) is 5.33. The normalized spacial score (nSPS) is 16.4. The second-order valence-corrected chi connectivity index (χ2v) is 16.6. The number of ketones is 1. The maximum absolute atomic E-state index is 13.4. The van der Waals surface area contributed by atoms with Gasteiger partial charge in [-0.2, -0.15) is 11.8 Å². The average Bonchev–Trinajstić information content (AvgIpc) is 2.81. The first-order chi connectivity index (χ1) is 18.7. The zero-order chi connectivity index (χ0) is 32.1. The van der Waals surface area contributed by atoms with E-state index in [9.17, 15) is 14.4 Å². The Morgan fingerprint density at radius 1 is 0.805 bits per heavy atom. The summed E-state index contributed by atoms with van der Waals surface area (Å²) in [7, 11) is 0. The van der Waals surface area contributed by atoms with Crippen LogP contribution >= 0.6 is 11.8 Å². The number of nitrogens with two attached hydrogens (primary N) is 1. The van der Waals surface area contributed by atoms with E-state index in [1.165, 1.54) is 24.6 Å². The number of rotatable bonds is 20. The zero-order valence-corrected chi connectivity index (χ0v) is 29.6. The number of unbranched alkanes of at least 4 members (excludes halogenated alkanes) is 3. The number of Topliss-reactive ketones (excluding diaryl/α,β-unsaturated/α-hetero) is 1. The first kappa shape index (κ1) is 39.9. The van der Waals surface area contributed by atoms with Crippen molar-refractivity contribution in [3.05, 3.63) is 0 Å². The monoisotopic (exact) mass is 599 g/mol. The van der Waals surface area contributed by atoms with Crippen LogP contribution in [0.4, 0.5) is 0 Å². The van der Waals surface area contributed by atoms with Crippen molar-refractivity contribution in [1.29, 1.82) is 0 Å². The van der Waals surface area contributed by atoms with Crippen LogP contribution in [0.15, 0.2) is 0 Å². The highest BCUT2D eigenvalue weighted by molar-refractivity contribution is 7.99. The smallest absolute Gasteiger partial charge is 0.311 e. The zero-order valence-electron chi connectivity index (χ0n) is 28.7. The second-order valence-electron chi connectivity index (χ2n) is 15.6. The van der Waals surface area contributed by atoms with E-state index in [4.69, 9.17) is 15.2 Å². The molecule has 0 saturated carbocycles. The molecule has 0 rings (SSSR count). The van der Waals surface area contributed by atoms with Gasteiger partial charge in [0, 0.05) is 16.9 Å². The molecule has 0 bridgehead atoms. The molecule has 0 radical (unpaired) electrons. The van der Waals surface area contributed by atoms with Crippen molar-refractivity contribution < 1.29 is 23.9 Å². The molecule has 0 fully saturated rings. The highest BCUT2D eigenvalue weighted by Crippen LogP contribution is 2.35. The van der Waals surface area contributed by atoms with E-state index in [-0.39, 0.29) is 41.1 Å². The first-order valence-corrected chi connectivity index (χ1v) is 17.1. The van der Waals surface area contributed by atoms with Crippen molar-refractivity contribution in [2.75, 3.05) is 18.1 Å². The van der Waals surface area contributed by atoms with Crippen LogP contribution in [0.3, 0.4) is 0 Å². The van der Waals surface area contributed by atoms with Crippen molar-refractivity contribution in [1.82, 2.24) is 0 Å². The fraction of sp³-hybridized carbons (Fsp3) is 0.912. The summed E-state index contributed by atoms with van der Waals surface area (Å²) in [6, 6.07) is -0.591. The van der Waals surface area contributed by atoms with Crippen LogP contribution in [0.1, 0.15) is 141 Å². The molecule has 7 heteroatoms. The quantitative estimate of drug-likeness (QED) is 0.111. The standard InChI is InChI=1S/C34H65NO5S/c1-13-15-16-17-19-34(12,18-14-2)28(36)27(35)23-41-22-26(40-29(37)25(3)20-31(4,5)6)21-39-30(38)33(10,11)24-32(7,8)9/h25-27H,13-24,35H2,1-12H3/t25?,26?,27-,34?/m0/s1. The Morgan fingerprint density at radius 2 is 1.41 bits per heavy atom. The van der Waals surface area contributed by atoms with Crippen molar-refractivity contribution in [2.45, 2.75) is 153 Å². The molecule has 0 aromatic rings. The number of carbonyl (C=O) groups excluding carboxylic acids is 3. The Bertz CT molecular complexity index is 798. The number of ether oxygens (including phenoxy) is 2. The van der Waals surface area contributed by atoms with Crippen molar-refractivity contribution in [3.63, 3.8) is 0 Å². The number of hydrogen-bond donors (Lipinski definition) is 1. The minimum atomic E-state index is -0.658. The lowest BCUT2D eigenvalue weighted by Crippen LogP contribution is -2.44. The molecule has 0 heterocycles. The van der Waals surface area contributed by atoms with Crippen LogP contribution in [0, 0.1) is 27.6 Å². The van der Waals surface area contributed by atoms with Crippen LogP contribution in [-0.2, 0) is 23.9 Å². The van der Waals surface area contributed by atoms with Crippen LogP contribution in [0.25, 0.3) is 0 Å². The molecular formula is C34H65NO5S. The third-order valence-corrected chi connectivity index (χ3v) is 8.65. The molecule has 0 aromatic heterocycles. The largest absolute Gasteiger partial charge is 0.461 e. The average molecular weight is 600 g/mol. The van der Waals surface area contributed by atoms with Crippen LogP contribution in [-0.4, -0.2) is 48.0 Å². The highest BCUT2D eigenvalue weighted by Gasteiger charge is 2.36. The van der Waals surface area contributed by atoms with E-state index in [1.54, 1.807) is 0 Å². The van der Waals surface area contributed by atoms with Gasteiger partial charge in [0.05, 0.1) is 17.4 Å². The van der Waals surface area contributed by atoms with Crippen molar-refractivity contribution in [2.24, 2.45) is 33.3 Å². The minimum Gasteiger partial charge on any atom is -0.461 e. The number of carbonyl (C=O) groups is 3. The number of thioether (sulfide) groups is 1. The van der Waals surface area contributed by atoms with E-state index in [0.29, 0.717) is 24.3 Å². The lowest BCUT2D eigenvalue weighted by molar-refractivity contribution is -0.166. The van der Waals surface area contributed by atoms with E-state index in [1.807, 2.05) is 20.8 Å². The lowest BCUT2D eigenvalue weighted by Gasteiger charge is -2.31. The molecule has 0 aliphatic carbocycles. The highest BCUT2D eigenvalue weighted by atomic mass is 32.2. The lowest BCUT2D eigenvalue weighted by atomic mass is 9.75. The molecular weight excluding hydrogens is 534 g/mol. The SMILES string of the molecule is CCCCCCC(C)(CCC)C(=O)[C@@H](N)CSCC(COC(=O)C(C)(C)CC(C)(C)C)OC(=O)C(C)CC(C)(C)C. The molecule has 4 atom stereocenters. The van der Waals surface area contributed by atoms with Gasteiger partial charge in [0.2, 0.25) is 0 Å². The molecule has 0 aliphatic rings. The van der Waals surface area contributed by atoms with Gasteiger partial charge in [-0.05, 0) is 50.4 Å². The summed E-state index contributed by atoms with van der Waals surface area (Å²) in [5.74, 6) is 0.0864. The van der Waals surface area contributed by atoms with Gasteiger partial charge in [-0.25, -0.2) is 0 Å². The molecule has 242 valence electrons. The minimum absolute atomic E-state index is 0.0124. The van der Waals surface area contributed by atoms with Gasteiger partial charge in [0.25, 0.3) is 0 Å². The molecule has 0 aliphatic heterocycles. The third kappa shape index (κ3) is 17.0. The fourth-order valence-corrected chi connectivity index (χ4v) is 6.84. The second kappa shape index (κ2) is 17.9. The van der Waals surface area contributed by atoms with E-state index >= 15 is 0 Å². The molecule has 3 unspecified atom stereocenters. The number of hydrogen-bond acceptors (Lipinski definition) is 7. The molecule has 41 heavy (non-hydrogen) atoms. The summed E-state index contributed by atoms with van der Waals surface area (Å²) in [4.78, 5) is 39.4. The van der Waals surface area contributed by atoms with Crippen LogP contribution in [0.5, 0.6) is 0 Å². The molecule has 0 aromatic carbocycles. The Balaban J connectivity index is 5.40. The fourth-order valence-electron chi connectivity index (χ4n) is 5.88. The Labute approximate surface area is 257 Å². The van der Waals surface area contributed by atoms with Gasteiger partial charge in [-0.3, -0.25) is 14.4 Å². The summed E-state index contributed by atoms with van der Waals surface area (Å²) < 4.78 is 11.6. The molecule has 0 spiro atoms. The van der Waals surface area contributed by atoms with Crippen LogP contribution in [0.2, 0.25) is 0 Å². The van der Waals surface area contributed by atoms with Gasteiger partial charge in [-0.1, -0.05) is 101 Å². The van der Waals surface area contributed by atoms with E-state index < -0.39 is 23.0 Å². The van der Waals surface area contributed by atoms with E-state index in [2.05, 4.69) is 62.3 Å². The number of esters is 2. The maximum Gasteiger partial charge on any atom is 0.311 e. The molecule has 2 N–H and O–H groups in total. The summed E-state index contributed by atoms with van der Waals surface area (Å²) >= 11 is 1.49. The van der Waals surface area contributed by atoms with Crippen LogP contribution < -0.4 is 5.73 Å². The third-order valence-electron chi connectivity index (χ3n) is 7.45. The van der Waals surface area contributed by atoms with Gasteiger partial charge >= 0.3 is 11.9 Å². The van der Waals surface area contributed by atoms with E-state index in [0.717, 1.165) is 32.1 Å². The maximum atomic E-state index is 13.4. The van der Waals surface area contributed by atoms with Gasteiger partial charge < -0.3 is 15.2 Å². The van der Waals surface area contributed by atoms with Gasteiger partial charge in [0.15, 0.2) is 5.78 Å². The van der Waals surface area contributed by atoms with Crippen molar-refractivity contribution in [3.8, 4) is 0 Å². The summed E-state index contributed by atoms with van der Waals surface area (Å²) in [6.45, 7) is 24.6. The Morgan fingerprint density at radius 3 is 1.93 bits per heavy atom. The summed E-state index contributed by atoms with van der Waals surface area (Å²) in [6.07, 6.45) is 7.93. The predicted molar refractivity (Wildman–Crippen MR) is 174 cm³/mol. The van der Waals surface area contributed by atoms with Gasteiger partial charge in [0.1, 0.15) is 12.7 Å². The topological polar surface area (TPSA) is 95.7 Å².